The molecule has 0 saturated carbocycles. The van der Waals surface area contributed by atoms with Crippen LogP contribution in [0.15, 0.2) is 96.6 Å². The summed E-state index contributed by atoms with van der Waals surface area (Å²) in [6, 6.07) is 20.2. The molecule has 0 aliphatic carbocycles. The number of aromatic nitrogens is 7. The molecule has 5 aromatic rings. The largest absolute Gasteiger partial charge is 0.491 e. The second kappa shape index (κ2) is 13.4. The minimum Gasteiger partial charge on any atom is -0.491 e. The Morgan fingerprint density at radius 3 is 2.11 bits per heavy atom. The molecule has 2 saturated heterocycles. The highest BCUT2D eigenvalue weighted by Crippen LogP contribution is 2.36. The molecule has 3 atom stereocenters. The lowest BCUT2D eigenvalue weighted by atomic mass is 10.1. The summed E-state index contributed by atoms with van der Waals surface area (Å²) in [6.07, 6.45) is 8.91. The van der Waals surface area contributed by atoms with Gasteiger partial charge >= 0.3 is 5.69 Å². The third-order valence-electron chi connectivity index (χ3n) is 8.91. The molecule has 5 heterocycles. The molecular weight excluding hydrogens is 598 g/mol. The minimum absolute atomic E-state index is 0.0705. The Hall–Kier alpha value is -5.01. The van der Waals surface area contributed by atoms with Gasteiger partial charge in [-0.2, -0.15) is 20.1 Å². The zero-order valence-electron chi connectivity index (χ0n) is 26.6. The standard InChI is InChI=1S/C34H39N9O4/c1-3-26(2)43-33(44)41(25-38-43)30-6-4-28(5-7-30)39-18-20-40(21-19-39)29-8-10-31(11-9-29)45-22-32-23-46-34(47-32,24-42-36-16-17-37-42)27-12-14-35-15-13-27/h4-17,25-26,32H,3,18-24H2,1-2H3. The van der Waals surface area contributed by atoms with E-state index in [1.165, 1.54) is 0 Å². The van der Waals surface area contributed by atoms with Crippen molar-refractivity contribution in [2.45, 2.75) is 44.7 Å². The van der Waals surface area contributed by atoms with Crippen LogP contribution in [0.5, 0.6) is 5.75 Å². The van der Waals surface area contributed by atoms with E-state index in [-0.39, 0.29) is 17.8 Å². The maximum Gasteiger partial charge on any atom is 0.350 e. The Balaban J connectivity index is 0.913. The van der Waals surface area contributed by atoms with Crippen LogP contribution >= 0.6 is 0 Å². The number of hydrogen-bond donors (Lipinski definition) is 0. The summed E-state index contributed by atoms with van der Waals surface area (Å²) in [5, 5.41) is 12.8. The fraction of sp³-hybridized carbons (Fsp3) is 0.382. The van der Waals surface area contributed by atoms with E-state index in [0.29, 0.717) is 19.8 Å². The van der Waals surface area contributed by atoms with Gasteiger partial charge in [-0.25, -0.2) is 14.0 Å². The molecule has 0 N–H and O–H groups in total. The topological polar surface area (TPSA) is 118 Å². The summed E-state index contributed by atoms with van der Waals surface area (Å²) in [7, 11) is 0. The van der Waals surface area contributed by atoms with Crippen LogP contribution in [0, 0.1) is 0 Å². The third-order valence-corrected chi connectivity index (χ3v) is 8.91. The highest BCUT2D eigenvalue weighted by Gasteiger charge is 2.44. The fourth-order valence-electron chi connectivity index (χ4n) is 6.05. The lowest BCUT2D eigenvalue weighted by molar-refractivity contribution is -0.192. The lowest BCUT2D eigenvalue weighted by Gasteiger charge is -2.37. The molecule has 0 radical (unpaired) electrons. The molecule has 13 heteroatoms. The van der Waals surface area contributed by atoms with Gasteiger partial charge in [0.05, 0.1) is 30.7 Å². The summed E-state index contributed by atoms with van der Waals surface area (Å²) in [5.74, 6) is -0.235. The van der Waals surface area contributed by atoms with E-state index in [0.717, 1.165) is 61.0 Å². The Labute approximate surface area is 272 Å². The number of nitrogens with zero attached hydrogens (tertiary/aromatic N) is 9. The number of hydrogen-bond acceptors (Lipinski definition) is 10. The predicted octanol–water partition coefficient (Wildman–Crippen LogP) is 3.67. The summed E-state index contributed by atoms with van der Waals surface area (Å²) in [4.78, 5) is 23.2. The van der Waals surface area contributed by atoms with Gasteiger partial charge in [0.1, 0.15) is 31.3 Å². The average Bonchev–Trinajstić information content (AvgIpc) is 3.89. The van der Waals surface area contributed by atoms with Crippen molar-refractivity contribution in [1.29, 1.82) is 0 Å². The molecule has 2 aromatic carbocycles. The first-order chi connectivity index (χ1) is 23.0. The van der Waals surface area contributed by atoms with Gasteiger partial charge in [0.25, 0.3) is 0 Å². The van der Waals surface area contributed by atoms with Crippen molar-refractivity contribution in [3.8, 4) is 11.4 Å². The summed E-state index contributed by atoms with van der Waals surface area (Å²) < 4.78 is 21.9. The van der Waals surface area contributed by atoms with Gasteiger partial charge in [-0.05, 0) is 74.0 Å². The molecule has 0 spiro atoms. The lowest BCUT2D eigenvalue weighted by Crippen LogP contribution is -2.46. The van der Waals surface area contributed by atoms with E-state index < -0.39 is 5.79 Å². The maximum absolute atomic E-state index is 12.8. The first-order valence-corrected chi connectivity index (χ1v) is 16.1. The number of piperazine rings is 1. The van der Waals surface area contributed by atoms with Crippen molar-refractivity contribution in [3.63, 3.8) is 0 Å². The van der Waals surface area contributed by atoms with Crippen molar-refractivity contribution in [2.75, 3.05) is 49.2 Å². The zero-order chi connectivity index (χ0) is 32.2. The van der Waals surface area contributed by atoms with Crippen LogP contribution in [0.25, 0.3) is 5.69 Å². The van der Waals surface area contributed by atoms with Crippen molar-refractivity contribution >= 4 is 11.4 Å². The van der Waals surface area contributed by atoms with Gasteiger partial charge in [-0.3, -0.25) is 4.98 Å². The van der Waals surface area contributed by atoms with Gasteiger partial charge in [0, 0.05) is 55.5 Å². The Morgan fingerprint density at radius 2 is 1.47 bits per heavy atom. The second-order valence-electron chi connectivity index (χ2n) is 11.9. The van der Waals surface area contributed by atoms with E-state index in [1.54, 1.807) is 45.2 Å². The fourth-order valence-corrected chi connectivity index (χ4v) is 6.05. The van der Waals surface area contributed by atoms with Crippen molar-refractivity contribution in [1.82, 2.24) is 34.3 Å². The molecule has 3 unspecified atom stereocenters. The van der Waals surface area contributed by atoms with Gasteiger partial charge in [0.15, 0.2) is 0 Å². The molecule has 47 heavy (non-hydrogen) atoms. The van der Waals surface area contributed by atoms with Crippen LogP contribution in [0.4, 0.5) is 11.4 Å². The minimum atomic E-state index is -1.01. The normalized spacial score (nSPS) is 20.4. The molecule has 2 aliphatic rings. The van der Waals surface area contributed by atoms with Crippen molar-refractivity contribution in [2.24, 2.45) is 0 Å². The smallest absolute Gasteiger partial charge is 0.350 e. The van der Waals surface area contributed by atoms with Gasteiger partial charge in [-0.15, -0.1) is 0 Å². The summed E-state index contributed by atoms with van der Waals surface area (Å²) in [5.41, 5.74) is 3.87. The Morgan fingerprint density at radius 1 is 0.851 bits per heavy atom. The van der Waals surface area contributed by atoms with Gasteiger partial charge in [-0.1, -0.05) is 6.92 Å². The third kappa shape index (κ3) is 6.49. The molecule has 3 aromatic heterocycles. The number of rotatable bonds is 11. The molecule has 0 amide bonds. The SMILES string of the molecule is CCC(C)n1ncn(-c2ccc(N3CCN(c4ccc(OCC5COC(Cn6nccn6)(c6ccncc6)O5)cc4)CC3)cc2)c1=O. The van der Waals surface area contributed by atoms with E-state index in [2.05, 4.69) is 61.3 Å². The summed E-state index contributed by atoms with van der Waals surface area (Å²) in [6.45, 7) is 8.71. The van der Waals surface area contributed by atoms with E-state index in [1.807, 2.05) is 43.3 Å². The number of anilines is 2. The molecule has 2 aliphatic heterocycles. The van der Waals surface area contributed by atoms with Gasteiger partial charge < -0.3 is 24.0 Å². The highest BCUT2D eigenvalue weighted by atomic mass is 16.8. The van der Waals surface area contributed by atoms with E-state index >= 15 is 0 Å². The van der Waals surface area contributed by atoms with Crippen LogP contribution in [0.1, 0.15) is 31.9 Å². The number of ether oxygens (including phenoxy) is 3. The van der Waals surface area contributed by atoms with Crippen molar-refractivity contribution in [3.05, 3.63) is 108 Å². The van der Waals surface area contributed by atoms with Crippen LogP contribution in [-0.4, -0.2) is 79.8 Å². The molecule has 0 bridgehead atoms. The number of pyridine rings is 1. The van der Waals surface area contributed by atoms with Crippen LogP contribution in [0.2, 0.25) is 0 Å². The second-order valence-corrected chi connectivity index (χ2v) is 11.9. The number of benzene rings is 2. The van der Waals surface area contributed by atoms with Crippen LogP contribution < -0.4 is 20.2 Å². The average molecular weight is 638 g/mol. The summed E-state index contributed by atoms with van der Waals surface area (Å²) >= 11 is 0. The molecule has 244 valence electrons. The predicted molar refractivity (Wildman–Crippen MR) is 176 cm³/mol. The quantitative estimate of drug-likeness (QED) is 0.212. The Kier molecular flexibility index (Phi) is 8.72. The van der Waals surface area contributed by atoms with E-state index in [9.17, 15) is 4.79 Å². The highest BCUT2D eigenvalue weighted by molar-refractivity contribution is 5.54. The van der Waals surface area contributed by atoms with E-state index in [4.69, 9.17) is 14.2 Å². The van der Waals surface area contributed by atoms with Crippen LogP contribution in [-0.2, 0) is 21.8 Å². The molecule has 2 fully saturated rings. The monoisotopic (exact) mass is 637 g/mol. The maximum atomic E-state index is 12.8. The van der Waals surface area contributed by atoms with Crippen molar-refractivity contribution < 1.29 is 14.2 Å². The first-order valence-electron chi connectivity index (χ1n) is 16.1. The zero-order valence-corrected chi connectivity index (χ0v) is 26.6. The Bertz CT molecular complexity index is 1780. The van der Waals surface area contributed by atoms with Gasteiger partial charge in [0.2, 0.25) is 5.79 Å². The first kappa shape index (κ1) is 30.6. The molecule has 13 nitrogen and oxygen atoms in total. The molecular formula is C34H39N9O4. The van der Waals surface area contributed by atoms with Crippen LogP contribution in [0.3, 0.4) is 0 Å². The molecule has 7 rings (SSSR count).